The number of carbonyl (C=O) groups is 1. The third-order valence-corrected chi connectivity index (χ3v) is 5.88. The average Bonchev–Trinajstić information content (AvgIpc) is 3.49. The first-order chi connectivity index (χ1) is 16.6. The number of aromatic nitrogens is 3. The van der Waals surface area contributed by atoms with E-state index in [2.05, 4.69) is 25.6 Å². The van der Waals surface area contributed by atoms with Gasteiger partial charge in [-0.25, -0.2) is 0 Å². The Kier molecular flexibility index (Phi) is 6.40. The Hall–Kier alpha value is -3.91. The minimum atomic E-state index is -0.0981. The molecule has 5 rings (SSSR count). The van der Waals surface area contributed by atoms with E-state index in [1.807, 2.05) is 71.2 Å². The standard InChI is InChI=1S/C26H28N6O2/c1-19(33)27-22-7-4-6-20(18-22)24-8-5-9-25-29-26(30-32(24)25)28-21-10-12-23(13-11-21)34-17-16-31-14-2-3-15-31/h4-13,18H,2-3,14-17H2,1H3,(H2,27,28,30,33)/p+1. The minimum Gasteiger partial charge on any atom is -0.492 e. The first-order valence-electron chi connectivity index (χ1n) is 11.7. The van der Waals surface area contributed by atoms with Crippen LogP contribution in [-0.2, 0) is 4.79 Å². The van der Waals surface area contributed by atoms with E-state index in [1.165, 1.54) is 32.9 Å². The van der Waals surface area contributed by atoms with Crippen LogP contribution in [0.15, 0.2) is 66.7 Å². The second kappa shape index (κ2) is 9.93. The molecule has 1 saturated heterocycles. The van der Waals surface area contributed by atoms with Gasteiger partial charge >= 0.3 is 11.6 Å². The Balaban J connectivity index is 1.28. The van der Waals surface area contributed by atoms with Crippen molar-refractivity contribution in [1.29, 1.82) is 0 Å². The Morgan fingerprint density at radius 3 is 2.65 bits per heavy atom. The lowest BCUT2D eigenvalue weighted by atomic mass is 10.1. The molecule has 4 aromatic rings. The minimum absolute atomic E-state index is 0.0981. The van der Waals surface area contributed by atoms with Crippen molar-refractivity contribution in [1.82, 2.24) is 15.0 Å². The van der Waals surface area contributed by atoms with Gasteiger partial charge in [0.15, 0.2) is 5.69 Å². The molecule has 0 radical (unpaired) electrons. The Labute approximate surface area is 198 Å². The van der Waals surface area contributed by atoms with Crippen LogP contribution in [0.3, 0.4) is 0 Å². The summed E-state index contributed by atoms with van der Waals surface area (Å²) in [4.78, 5) is 18.5. The highest BCUT2D eigenvalue weighted by Crippen LogP contribution is 2.22. The molecule has 1 aliphatic heterocycles. The van der Waals surface area contributed by atoms with Crippen LogP contribution >= 0.6 is 0 Å². The summed E-state index contributed by atoms with van der Waals surface area (Å²) in [6.45, 7) is 5.56. The number of nitrogens with one attached hydrogen (secondary N) is 3. The van der Waals surface area contributed by atoms with Crippen LogP contribution in [0.25, 0.3) is 16.9 Å². The van der Waals surface area contributed by atoms with Crippen LogP contribution < -0.4 is 19.9 Å². The summed E-state index contributed by atoms with van der Waals surface area (Å²) in [5, 5.41) is 9.48. The average molecular weight is 458 g/mol. The maximum Gasteiger partial charge on any atom is 0.353 e. The maximum atomic E-state index is 11.4. The van der Waals surface area contributed by atoms with Crippen LogP contribution in [0.2, 0.25) is 0 Å². The number of hydrogen-bond acceptors (Lipinski definition) is 5. The predicted octanol–water partition coefficient (Wildman–Crippen LogP) is 3.99. The second-order valence-electron chi connectivity index (χ2n) is 8.49. The van der Waals surface area contributed by atoms with Gasteiger partial charge in [-0.05, 0) is 74.5 Å². The van der Waals surface area contributed by atoms with E-state index in [4.69, 9.17) is 4.74 Å². The number of hydrogen-bond donors (Lipinski definition) is 3. The van der Waals surface area contributed by atoms with Gasteiger partial charge in [0.25, 0.3) is 0 Å². The van der Waals surface area contributed by atoms with Crippen molar-refractivity contribution < 1.29 is 14.0 Å². The number of H-pyrrole nitrogens is 1. The van der Waals surface area contributed by atoms with Crippen molar-refractivity contribution in [2.75, 3.05) is 36.9 Å². The van der Waals surface area contributed by atoms with Crippen molar-refractivity contribution in [2.45, 2.75) is 19.8 Å². The Morgan fingerprint density at radius 1 is 1.06 bits per heavy atom. The summed E-state index contributed by atoms with van der Waals surface area (Å²) in [7, 11) is 0. The SMILES string of the molecule is CC(=O)Nc1cccc(-c2cccc3nc(Nc4ccc(OCCN5CCCC5)cc4)[nH][n+]23)c1. The molecule has 1 aliphatic rings. The molecule has 8 nitrogen and oxygen atoms in total. The van der Waals surface area contributed by atoms with Gasteiger partial charge in [0.1, 0.15) is 12.4 Å². The number of aromatic amines is 1. The zero-order valence-corrected chi connectivity index (χ0v) is 19.3. The van der Waals surface area contributed by atoms with Gasteiger partial charge in [-0.3, -0.25) is 9.69 Å². The molecule has 1 fully saturated rings. The Bertz CT molecular complexity index is 1280. The van der Waals surface area contributed by atoms with E-state index < -0.39 is 0 Å². The number of rotatable bonds is 8. The summed E-state index contributed by atoms with van der Waals surface area (Å²) < 4.78 is 7.82. The van der Waals surface area contributed by atoms with E-state index in [0.717, 1.165) is 40.6 Å². The highest BCUT2D eigenvalue weighted by molar-refractivity contribution is 5.89. The van der Waals surface area contributed by atoms with Crippen LogP contribution in [0, 0.1) is 0 Å². The molecule has 0 aliphatic carbocycles. The fourth-order valence-corrected chi connectivity index (χ4v) is 4.26. The number of anilines is 3. The van der Waals surface area contributed by atoms with Gasteiger partial charge in [-0.2, -0.15) is 5.10 Å². The van der Waals surface area contributed by atoms with Gasteiger partial charge in [-0.1, -0.05) is 12.1 Å². The van der Waals surface area contributed by atoms with Gasteiger partial charge < -0.3 is 15.4 Å². The summed E-state index contributed by atoms with van der Waals surface area (Å²) in [5.74, 6) is 1.40. The third-order valence-electron chi connectivity index (χ3n) is 5.88. The van der Waals surface area contributed by atoms with Crippen molar-refractivity contribution in [3.8, 4) is 17.0 Å². The molecule has 2 aromatic heterocycles. The number of nitrogens with zero attached hydrogens (tertiary/aromatic N) is 3. The van der Waals surface area contributed by atoms with Crippen molar-refractivity contribution >= 4 is 28.9 Å². The predicted molar refractivity (Wildman–Crippen MR) is 132 cm³/mol. The molecule has 0 bridgehead atoms. The van der Waals surface area contributed by atoms with Crippen LogP contribution in [-0.4, -0.2) is 47.1 Å². The summed E-state index contributed by atoms with van der Waals surface area (Å²) in [5.41, 5.74) is 4.36. The molecule has 0 atom stereocenters. The molecule has 8 heteroatoms. The molecule has 174 valence electrons. The van der Waals surface area contributed by atoms with E-state index in [9.17, 15) is 4.79 Å². The molecule has 3 heterocycles. The van der Waals surface area contributed by atoms with Crippen molar-refractivity contribution in [3.63, 3.8) is 0 Å². The lowest BCUT2D eigenvalue weighted by Crippen LogP contribution is -2.26. The monoisotopic (exact) mass is 457 g/mol. The summed E-state index contributed by atoms with van der Waals surface area (Å²) >= 11 is 0. The smallest absolute Gasteiger partial charge is 0.353 e. The number of carbonyl (C=O) groups excluding carboxylic acids is 1. The Morgan fingerprint density at radius 2 is 1.85 bits per heavy atom. The summed E-state index contributed by atoms with van der Waals surface area (Å²) in [6.07, 6.45) is 2.59. The van der Waals surface area contributed by atoms with Crippen LogP contribution in [0.1, 0.15) is 19.8 Å². The van der Waals surface area contributed by atoms with Crippen LogP contribution in [0.4, 0.5) is 17.3 Å². The van der Waals surface area contributed by atoms with E-state index in [1.54, 1.807) is 0 Å². The lowest BCUT2D eigenvalue weighted by molar-refractivity contribution is -0.564. The van der Waals surface area contributed by atoms with Crippen molar-refractivity contribution in [2.24, 2.45) is 0 Å². The molecule has 0 saturated carbocycles. The lowest BCUT2D eigenvalue weighted by Gasteiger charge is -2.14. The van der Waals surface area contributed by atoms with E-state index >= 15 is 0 Å². The number of pyridine rings is 1. The largest absolute Gasteiger partial charge is 0.492 e. The number of fused-ring (bicyclic) bond motifs is 1. The van der Waals surface area contributed by atoms with Gasteiger partial charge in [-0.15, -0.1) is 4.52 Å². The van der Waals surface area contributed by atoms with E-state index in [-0.39, 0.29) is 5.91 Å². The van der Waals surface area contributed by atoms with Crippen molar-refractivity contribution in [3.05, 3.63) is 66.7 Å². The molecule has 0 spiro atoms. The molecule has 2 aromatic carbocycles. The third kappa shape index (κ3) is 5.18. The number of ether oxygens (including phenoxy) is 1. The number of benzene rings is 2. The molecule has 34 heavy (non-hydrogen) atoms. The maximum absolute atomic E-state index is 11.4. The first-order valence-corrected chi connectivity index (χ1v) is 11.7. The number of likely N-dealkylation sites (tertiary alicyclic amines) is 1. The van der Waals surface area contributed by atoms with Gasteiger partial charge in [0, 0.05) is 41.5 Å². The highest BCUT2D eigenvalue weighted by Gasteiger charge is 2.17. The molecule has 1 amide bonds. The topological polar surface area (TPSA) is 86.4 Å². The second-order valence-corrected chi connectivity index (χ2v) is 8.49. The molecule has 3 N–H and O–H groups in total. The fourth-order valence-electron chi connectivity index (χ4n) is 4.26. The van der Waals surface area contributed by atoms with Gasteiger partial charge in [0.05, 0.1) is 0 Å². The normalized spacial score (nSPS) is 13.8. The highest BCUT2D eigenvalue weighted by atomic mass is 16.5. The zero-order valence-electron chi connectivity index (χ0n) is 19.3. The van der Waals surface area contributed by atoms with Gasteiger partial charge in [0.2, 0.25) is 5.91 Å². The zero-order chi connectivity index (χ0) is 23.3. The first kappa shape index (κ1) is 21.9. The fraction of sp³-hybridized carbons (Fsp3) is 0.269. The summed E-state index contributed by atoms with van der Waals surface area (Å²) in [6, 6.07) is 21.6. The molecular weight excluding hydrogens is 428 g/mol. The molecular formula is C26H29N6O2+. The van der Waals surface area contributed by atoms with Crippen LogP contribution in [0.5, 0.6) is 5.75 Å². The molecule has 0 unspecified atom stereocenters. The number of amides is 1. The van der Waals surface area contributed by atoms with E-state index in [0.29, 0.717) is 12.6 Å². The quantitative estimate of drug-likeness (QED) is 0.348.